The van der Waals surface area contributed by atoms with Crippen molar-refractivity contribution >= 4 is 22.6 Å². The molecule has 1 aromatic heterocycles. The molecule has 4 nitrogen and oxygen atoms in total. The average Bonchev–Trinajstić information content (AvgIpc) is 3.11. The van der Waals surface area contributed by atoms with Crippen LogP contribution in [0, 0.1) is 0 Å². The van der Waals surface area contributed by atoms with Gasteiger partial charge in [-0.25, -0.2) is 4.79 Å². The second-order valence-electron chi connectivity index (χ2n) is 8.16. The van der Waals surface area contributed by atoms with Gasteiger partial charge < -0.3 is 15.6 Å². The SMILES string of the molecule is CC(C)(C)c1ccc(NC(=O)NC2Cc3[nH]c4ccccc4c3C2)cc1. The number of carbonyl (C=O) groups excluding carboxylic acids is 1. The quantitative estimate of drug-likeness (QED) is 0.615. The van der Waals surface area contributed by atoms with Crippen molar-refractivity contribution in [1.29, 1.82) is 0 Å². The number of aromatic amines is 1. The topological polar surface area (TPSA) is 56.9 Å². The van der Waals surface area contributed by atoms with E-state index in [9.17, 15) is 4.79 Å². The third kappa shape index (κ3) is 3.19. The summed E-state index contributed by atoms with van der Waals surface area (Å²) in [4.78, 5) is 15.8. The summed E-state index contributed by atoms with van der Waals surface area (Å²) in [7, 11) is 0. The number of nitrogens with one attached hydrogen (secondary N) is 3. The number of aromatic nitrogens is 1. The van der Waals surface area contributed by atoms with Crippen molar-refractivity contribution in [2.45, 2.75) is 45.1 Å². The summed E-state index contributed by atoms with van der Waals surface area (Å²) in [6.45, 7) is 6.54. The predicted molar refractivity (Wildman–Crippen MR) is 107 cm³/mol. The van der Waals surface area contributed by atoms with E-state index in [0.717, 1.165) is 18.5 Å². The Morgan fingerprint density at radius 3 is 2.50 bits per heavy atom. The van der Waals surface area contributed by atoms with Gasteiger partial charge in [0.15, 0.2) is 0 Å². The molecule has 2 aromatic carbocycles. The molecule has 0 bridgehead atoms. The normalized spacial score (nSPS) is 16.5. The largest absolute Gasteiger partial charge is 0.358 e. The Kier molecular flexibility index (Phi) is 3.98. The number of benzene rings is 2. The number of H-pyrrole nitrogens is 1. The van der Waals surface area contributed by atoms with Gasteiger partial charge in [-0.3, -0.25) is 0 Å². The maximum absolute atomic E-state index is 12.4. The molecule has 1 heterocycles. The van der Waals surface area contributed by atoms with Gasteiger partial charge >= 0.3 is 6.03 Å². The first-order valence-corrected chi connectivity index (χ1v) is 9.17. The highest BCUT2D eigenvalue weighted by Gasteiger charge is 2.26. The highest BCUT2D eigenvalue weighted by atomic mass is 16.2. The summed E-state index contributed by atoms with van der Waals surface area (Å²) in [5.41, 5.74) is 5.94. The molecule has 4 heteroatoms. The van der Waals surface area contributed by atoms with Gasteiger partial charge in [0.2, 0.25) is 0 Å². The van der Waals surface area contributed by atoms with E-state index in [4.69, 9.17) is 0 Å². The van der Waals surface area contributed by atoms with Gasteiger partial charge in [0.05, 0.1) is 0 Å². The van der Waals surface area contributed by atoms with Gasteiger partial charge in [0.25, 0.3) is 0 Å². The van der Waals surface area contributed by atoms with Gasteiger partial charge in [-0.15, -0.1) is 0 Å². The first kappa shape index (κ1) is 16.7. The Balaban J connectivity index is 1.38. The zero-order valence-corrected chi connectivity index (χ0v) is 15.5. The maximum atomic E-state index is 12.4. The van der Waals surface area contributed by atoms with E-state index < -0.39 is 0 Å². The number of fused-ring (bicyclic) bond motifs is 3. The van der Waals surface area contributed by atoms with Crippen LogP contribution in [0.1, 0.15) is 37.6 Å². The van der Waals surface area contributed by atoms with E-state index in [0.29, 0.717) is 0 Å². The van der Waals surface area contributed by atoms with Crippen LogP contribution in [-0.2, 0) is 18.3 Å². The van der Waals surface area contributed by atoms with E-state index in [1.807, 2.05) is 18.2 Å². The van der Waals surface area contributed by atoms with Gasteiger partial charge in [-0.2, -0.15) is 0 Å². The number of amides is 2. The molecule has 3 N–H and O–H groups in total. The Labute approximate surface area is 154 Å². The predicted octanol–water partition coefficient (Wildman–Crippen LogP) is 4.75. The van der Waals surface area contributed by atoms with Crippen molar-refractivity contribution in [2.75, 3.05) is 5.32 Å². The molecule has 2 amide bonds. The first-order valence-electron chi connectivity index (χ1n) is 9.17. The highest BCUT2D eigenvalue weighted by Crippen LogP contribution is 2.30. The third-order valence-electron chi connectivity index (χ3n) is 5.15. The Hall–Kier alpha value is -2.75. The van der Waals surface area contributed by atoms with Crippen LogP contribution in [0.25, 0.3) is 10.9 Å². The zero-order chi connectivity index (χ0) is 18.3. The van der Waals surface area contributed by atoms with Crippen LogP contribution in [0.2, 0.25) is 0 Å². The molecule has 0 radical (unpaired) electrons. The minimum absolute atomic E-state index is 0.111. The molecule has 1 atom stereocenters. The van der Waals surface area contributed by atoms with E-state index in [2.05, 4.69) is 66.7 Å². The summed E-state index contributed by atoms with van der Waals surface area (Å²) >= 11 is 0. The van der Waals surface area contributed by atoms with Crippen LogP contribution in [0.15, 0.2) is 48.5 Å². The lowest BCUT2D eigenvalue weighted by atomic mass is 9.87. The van der Waals surface area contributed by atoms with Crippen molar-refractivity contribution in [3.8, 4) is 0 Å². The molecule has 134 valence electrons. The van der Waals surface area contributed by atoms with Crippen LogP contribution in [-0.4, -0.2) is 17.1 Å². The Morgan fingerprint density at radius 2 is 1.77 bits per heavy atom. The second-order valence-corrected chi connectivity index (χ2v) is 8.16. The summed E-state index contributed by atoms with van der Waals surface area (Å²) < 4.78 is 0. The summed E-state index contributed by atoms with van der Waals surface area (Å²) in [5.74, 6) is 0. The van der Waals surface area contributed by atoms with Crippen LogP contribution in [0.5, 0.6) is 0 Å². The van der Waals surface area contributed by atoms with E-state index in [1.54, 1.807) is 0 Å². The molecule has 1 unspecified atom stereocenters. The molecule has 3 aromatic rings. The lowest BCUT2D eigenvalue weighted by Crippen LogP contribution is -2.38. The summed E-state index contributed by atoms with van der Waals surface area (Å²) in [6.07, 6.45) is 1.72. The Bertz CT molecular complexity index is 948. The summed E-state index contributed by atoms with van der Waals surface area (Å²) in [5, 5.41) is 7.31. The molecule has 0 aliphatic heterocycles. The van der Waals surface area contributed by atoms with Crippen LogP contribution >= 0.6 is 0 Å². The number of hydrogen-bond donors (Lipinski definition) is 3. The van der Waals surface area contributed by atoms with E-state index >= 15 is 0 Å². The third-order valence-corrected chi connectivity index (χ3v) is 5.15. The van der Waals surface area contributed by atoms with Gasteiger partial charge in [0.1, 0.15) is 0 Å². The zero-order valence-electron chi connectivity index (χ0n) is 15.5. The molecule has 26 heavy (non-hydrogen) atoms. The molecule has 0 spiro atoms. The fourth-order valence-corrected chi connectivity index (χ4v) is 3.74. The molecule has 0 fully saturated rings. The van der Waals surface area contributed by atoms with Gasteiger partial charge in [-0.1, -0.05) is 51.1 Å². The number of anilines is 1. The number of para-hydroxylation sites is 1. The van der Waals surface area contributed by atoms with Crippen LogP contribution < -0.4 is 10.6 Å². The van der Waals surface area contributed by atoms with E-state index in [-0.39, 0.29) is 17.5 Å². The molecule has 0 saturated heterocycles. The van der Waals surface area contributed by atoms with Crippen molar-refractivity contribution in [2.24, 2.45) is 0 Å². The molecule has 1 aliphatic carbocycles. The number of hydrogen-bond acceptors (Lipinski definition) is 1. The lowest BCUT2D eigenvalue weighted by molar-refractivity contribution is 0.249. The first-order chi connectivity index (χ1) is 12.4. The van der Waals surface area contributed by atoms with Crippen molar-refractivity contribution in [3.63, 3.8) is 0 Å². The fraction of sp³-hybridized carbons (Fsp3) is 0.318. The Morgan fingerprint density at radius 1 is 1.04 bits per heavy atom. The average molecular weight is 347 g/mol. The minimum atomic E-state index is -0.145. The van der Waals surface area contributed by atoms with E-state index in [1.165, 1.54) is 27.7 Å². The lowest BCUT2D eigenvalue weighted by Gasteiger charge is -2.19. The molecule has 4 rings (SSSR count). The fourth-order valence-electron chi connectivity index (χ4n) is 3.74. The smallest absolute Gasteiger partial charge is 0.319 e. The standard InChI is InChI=1S/C22H25N3O/c1-22(2,3)14-8-10-15(11-9-14)23-21(26)24-16-12-18-17-6-4-5-7-19(17)25-20(18)13-16/h4-11,16,25H,12-13H2,1-3H3,(H2,23,24,26). The van der Waals surface area contributed by atoms with Gasteiger partial charge in [-0.05, 0) is 41.2 Å². The second kappa shape index (κ2) is 6.20. The molecular formula is C22H25N3O. The monoisotopic (exact) mass is 347 g/mol. The van der Waals surface area contributed by atoms with Crippen molar-refractivity contribution < 1.29 is 4.79 Å². The summed E-state index contributed by atoms with van der Waals surface area (Å²) in [6, 6.07) is 16.4. The van der Waals surface area contributed by atoms with Gasteiger partial charge in [0, 0.05) is 34.7 Å². The molecular weight excluding hydrogens is 322 g/mol. The molecule has 0 saturated carbocycles. The van der Waals surface area contributed by atoms with Crippen molar-refractivity contribution in [3.05, 3.63) is 65.4 Å². The number of carbonyl (C=O) groups is 1. The van der Waals surface area contributed by atoms with Crippen LogP contribution in [0.3, 0.4) is 0 Å². The van der Waals surface area contributed by atoms with Crippen LogP contribution in [0.4, 0.5) is 10.5 Å². The molecule has 1 aliphatic rings. The number of urea groups is 1. The number of rotatable bonds is 2. The maximum Gasteiger partial charge on any atom is 0.319 e. The highest BCUT2D eigenvalue weighted by molar-refractivity contribution is 5.90. The van der Waals surface area contributed by atoms with Crippen molar-refractivity contribution in [1.82, 2.24) is 10.3 Å². The minimum Gasteiger partial charge on any atom is -0.358 e.